The van der Waals surface area contributed by atoms with E-state index in [1.165, 1.54) is 18.2 Å². The first-order chi connectivity index (χ1) is 9.79. The van der Waals surface area contributed by atoms with Gasteiger partial charge in [0.05, 0.1) is 6.10 Å². The molecule has 0 aromatic heterocycles. The summed E-state index contributed by atoms with van der Waals surface area (Å²) in [5.74, 6) is -0.234. The number of carbonyl (C=O) groups is 1. The molecule has 1 aliphatic heterocycles. The zero-order valence-electron chi connectivity index (χ0n) is 11.8. The van der Waals surface area contributed by atoms with Gasteiger partial charge < -0.3 is 4.74 Å². The molecular formula is C14H17F3N2O2. The monoisotopic (exact) mass is 302 g/mol. The SMILES string of the molecule is CC(C)Oc1ccccc1C(N1CCC(=O)N1)C(F)(F)F. The fourth-order valence-corrected chi connectivity index (χ4v) is 2.28. The van der Waals surface area contributed by atoms with Crippen molar-refractivity contribution in [1.82, 2.24) is 10.4 Å². The molecule has 1 N–H and O–H groups in total. The number of ether oxygens (including phenoxy) is 1. The summed E-state index contributed by atoms with van der Waals surface area (Å²) in [6.07, 6.45) is -4.71. The molecule has 1 heterocycles. The highest BCUT2D eigenvalue weighted by Crippen LogP contribution is 2.41. The molecule has 0 saturated carbocycles. The van der Waals surface area contributed by atoms with Gasteiger partial charge in [-0.15, -0.1) is 0 Å². The van der Waals surface area contributed by atoms with Gasteiger partial charge in [-0.3, -0.25) is 10.2 Å². The first kappa shape index (κ1) is 15.6. The minimum atomic E-state index is -4.52. The molecule has 1 aliphatic rings. The fourth-order valence-electron chi connectivity index (χ4n) is 2.28. The van der Waals surface area contributed by atoms with Gasteiger partial charge in [0.25, 0.3) is 0 Å². The van der Waals surface area contributed by atoms with Crippen LogP contribution >= 0.6 is 0 Å². The highest BCUT2D eigenvalue weighted by Gasteiger charge is 2.48. The van der Waals surface area contributed by atoms with Gasteiger partial charge in [-0.2, -0.15) is 13.2 Å². The van der Waals surface area contributed by atoms with Gasteiger partial charge in [0.2, 0.25) is 5.91 Å². The Hall–Kier alpha value is -1.76. The smallest absolute Gasteiger partial charge is 0.410 e. The number of halogens is 3. The van der Waals surface area contributed by atoms with E-state index in [9.17, 15) is 18.0 Å². The summed E-state index contributed by atoms with van der Waals surface area (Å²) in [6.45, 7) is 3.51. The lowest BCUT2D eigenvalue weighted by Gasteiger charge is -2.30. The normalized spacial score (nSPS) is 17.9. The number of hydrogen-bond acceptors (Lipinski definition) is 3. The quantitative estimate of drug-likeness (QED) is 0.930. The Balaban J connectivity index is 2.40. The maximum Gasteiger partial charge on any atom is 0.410 e. The standard InChI is InChI=1S/C14H17F3N2O2/c1-9(2)21-11-6-4-3-5-10(11)13(14(15,16)17)19-8-7-12(20)18-19/h3-6,9,13H,7-8H2,1-2H3,(H,18,20). The second-order valence-electron chi connectivity index (χ2n) is 5.13. The van der Waals surface area contributed by atoms with Crippen molar-refractivity contribution >= 4 is 5.91 Å². The van der Waals surface area contributed by atoms with E-state index in [-0.39, 0.29) is 30.4 Å². The Morgan fingerprint density at radius 3 is 2.48 bits per heavy atom. The van der Waals surface area contributed by atoms with E-state index in [2.05, 4.69) is 5.43 Å². The van der Waals surface area contributed by atoms with Crippen LogP contribution in [0.15, 0.2) is 24.3 Å². The van der Waals surface area contributed by atoms with Crippen molar-refractivity contribution in [2.24, 2.45) is 0 Å². The minimum Gasteiger partial charge on any atom is -0.491 e. The molecule has 7 heteroatoms. The summed E-state index contributed by atoms with van der Waals surface area (Å²) < 4.78 is 45.8. The van der Waals surface area contributed by atoms with Gasteiger partial charge in [0.1, 0.15) is 5.75 Å². The van der Waals surface area contributed by atoms with Crippen molar-refractivity contribution in [3.63, 3.8) is 0 Å². The molecule has 4 nitrogen and oxygen atoms in total. The molecule has 1 aromatic rings. The summed E-state index contributed by atoms with van der Waals surface area (Å²) in [7, 11) is 0. The van der Waals surface area contributed by atoms with Crippen molar-refractivity contribution in [3.05, 3.63) is 29.8 Å². The molecular weight excluding hydrogens is 285 g/mol. The van der Waals surface area contributed by atoms with E-state index in [0.717, 1.165) is 5.01 Å². The number of hydrazine groups is 1. The molecule has 1 aromatic carbocycles. The topological polar surface area (TPSA) is 41.6 Å². The zero-order valence-corrected chi connectivity index (χ0v) is 11.8. The Morgan fingerprint density at radius 1 is 1.29 bits per heavy atom. The number of nitrogens with zero attached hydrogens (tertiary/aromatic N) is 1. The third-order valence-electron chi connectivity index (χ3n) is 3.05. The predicted molar refractivity (Wildman–Crippen MR) is 70.5 cm³/mol. The molecule has 1 fully saturated rings. The van der Waals surface area contributed by atoms with E-state index in [0.29, 0.717) is 0 Å². The average Bonchev–Trinajstić information content (AvgIpc) is 2.75. The maximum absolute atomic E-state index is 13.5. The molecule has 21 heavy (non-hydrogen) atoms. The van der Waals surface area contributed by atoms with E-state index in [4.69, 9.17) is 4.74 Å². The summed E-state index contributed by atoms with van der Waals surface area (Å²) in [6, 6.07) is 4.11. The predicted octanol–water partition coefficient (Wildman–Crippen LogP) is 2.81. The van der Waals surface area contributed by atoms with Gasteiger partial charge >= 0.3 is 6.18 Å². The molecule has 0 radical (unpaired) electrons. The van der Waals surface area contributed by atoms with E-state index < -0.39 is 18.1 Å². The van der Waals surface area contributed by atoms with Crippen molar-refractivity contribution in [3.8, 4) is 5.75 Å². The van der Waals surface area contributed by atoms with Gasteiger partial charge in [0, 0.05) is 18.5 Å². The lowest BCUT2D eigenvalue weighted by molar-refractivity contribution is -0.191. The van der Waals surface area contributed by atoms with Crippen molar-refractivity contribution in [2.75, 3.05) is 6.54 Å². The highest BCUT2D eigenvalue weighted by molar-refractivity contribution is 5.77. The van der Waals surface area contributed by atoms with Gasteiger partial charge in [-0.25, -0.2) is 5.01 Å². The van der Waals surface area contributed by atoms with Crippen LogP contribution in [0.2, 0.25) is 0 Å². The largest absolute Gasteiger partial charge is 0.491 e. The molecule has 0 bridgehead atoms. The van der Waals surface area contributed by atoms with Crippen LogP contribution in [0.25, 0.3) is 0 Å². The molecule has 1 atom stereocenters. The molecule has 0 spiro atoms. The number of para-hydroxylation sites is 1. The van der Waals surface area contributed by atoms with Crippen LogP contribution in [0.4, 0.5) is 13.2 Å². The lowest BCUT2D eigenvalue weighted by Crippen LogP contribution is -2.43. The van der Waals surface area contributed by atoms with Crippen LogP contribution in [0.1, 0.15) is 31.9 Å². The summed E-state index contributed by atoms with van der Waals surface area (Å²) in [5.41, 5.74) is 2.26. The summed E-state index contributed by atoms with van der Waals surface area (Å²) in [5, 5.41) is 0.921. The molecule has 0 aliphatic carbocycles. The molecule has 1 amide bonds. The number of carbonyl (C=O) groups excluding carboxylic acids is 1. The van der Waals surface area contributed by atoms with Gasteiger partial charge in [-0.05, 0) is 19.9 Å². The van der Waals surface area contributed by atoms with Crippen molar-refractivity contribution < 1.29 is 22.7 Å². The Kier molecular flexibility index (Phi) is 4.41. The fraction of sp³-hybridized carbons (Fsp3) is 0.500. The first-order valence-electron chi connectivity index (χ1n) is 6.67. The molecule has 1 saturated heterocycles. The average molecular weight is 302 g/mol. The Morgan fingerprint density at radius 2 is 1.95 bits per heavy atom. The van der Waals surface area contributed by atoms with Crippen LogP contribution in [0.5, 0.6) is 5.75 Å². The summed E-state index contributed by atoms with van der Waals surface area (Å²) in [4.78, 5) is 11.2. The van der Waals surface area contributed by atoms with E-state index in [1.54, 1.807) is 19.9 Å². The van der Waals surface area contributed by atoms with Crippen LogP contribution < -0.4 is 10.2 Å². The lowest BCUT2D eigenvalue weighted by atomic mass is 10.0. The van der Waals surface area contributed by atoms with Gasteiger partial charge in [0.15, 0.2) is 6.04 Å². The van der Waals surface area contributed by atoms with Crippen LogP contribution in [0, 0.1) is 0 Å². The number of benzene rings is 1. The van der Waals surface area contributed by atoms with Crippen molar-refractivity contribution in [2.45, 2.75) is 38.6 Å². The van der Waals surface area contributed by atoms with Crippen LogP contribution in [-0.2, 0) is 4.79 Å². The molecule has 2 rings (SSSR count). The van der Waals surface area contributed by atoms with Crippen molar-refractivity contribution in [1.29, 1.82) is 0 Å². The molecule has 116 valence electrons. The first-order valence-corrected chi connectivity index (χ1v) is 6.67. The van der Waals surface area contributed by atoms with Crippen LogP contribution in [-0.4, -0.2) is 29.7 Å². The van der Waals surface area contributed by atoms with E-state index in [1.807, 2.05) is 0 Å². The number of alkyl halides is 3. The number of rotatable bonds is 4. The Bertz CT molecular complexity index is 517. The Labute approximate surface area is 120 Å². The summed E-state index contributed by atoms with van der Waals surface area (Å²) >= 11 is 0. The maximum atomic E-state index is 13.5. The second kappa shape index (κ2) is 5.93. The van der Waals surface area contributed by atoms with Crippen LogP contribution in [0.3, 0.4) is 0 Å². The third kappa shape index (κ3) is 3.66. The van der Waals surface area contributed by atoms with Gasteiger partial charge in [-0.1, -0.05) is 18.2 Å². The number of amides is 1. The number of hydrogen-bond donors (Lipinski definition) is 1. The molecule has 1 unspecified atom stereocenters. The minimum absolute atomic E-state index is 0.000833. The number of nitrogens with one attached hydrogen (secondary N) is 1. The third-order valence-corrected chi connectivity index (χ3v) is 3.05. The second-order valence-corrected chi connectivity index (χ2v) is 5.13. The highest BCUT2D eigenvalue weighted by atomic mass is 19.4. The zero-order chi connectivity index (χ0) is 15.6. The van der Waals surface area contributed by atoms with E-state index >= 15 is 0 Å².